The maximum atomic E-state index is 13.9. The number of ether oxygens (including phenoxy) is 1. The van der Waals surface area contributed by atoms with E-state index in [4.69, 9.17) is 4.74 Å². The van der Waals surface area contributed by atoms with Crippen molar-refractivity contribution >= 4 is 28.7 Å². The molecule has 1 N–H and O–H groups in total. The van der Waals surface area contributed by atoms with E-state index in [1.54, 1.807) is 18.1 Å². The molecule has 2 aliphatic rings. The number of hydrogen-bond acceptors (Lipinski definition) is 6. The summed E-state index contributed by atoms with van der Waals surface area (Å²) in [6.07, 6.45) is -3.39. The minimum Gasteiger partial charge on any atom is -0.495 e. The van der Waals surface area contributed by atoms with Crippen LogP contribution in [0.4, 0.5) is 24.7 Å². The molecule has 1 fully saturated rings. The van der Waals surface area contributed by atoms with E-state index in [2.05, 4.69) is 15.3 Å². The lowest BCUT2D eigenvalue weighted by molar-refractivity contribution is -0.173. The number of halogens is 3. The van der Waals surface area contributed by atoms with Gasteiger partial charge < -0.3 is 19.9 Å². The van der Waals surface area contributed by atoms with Crippen LogP contribution in [0.3, 0.4) is 0 Å². The summed E-state index contributed by atoms with van der Waals surface area (Å²) in [6, 6.07) is 8.97. The minimum absolute atomic E-state index is 0.129. The van der Waals surface area contributed by atoms with Gasteiger partial charge in [-0.2, -0.15) is 18.3 Å². The van der Waals surface area contributed by atoms with Gasteiger partial charge in [-0.3, -0.25) is 4.79 Å². The van der Waals surface area contributed by atoms with Gasteiger partial charge >= 0.3 is 6.18 Å². The first-order valence-electron chi connectivity index (χ1n) is 11.0. The van der Waals surface area contributed by atoms with Crippen molar-refractivity contribution in [2.75, 3.05) is 43.5 Å². The molecule has 1 amide bonds. The third kappa shape index (κ3) is 4.08. The fourth-order valence-corrected chi connectivity index (χ4v) is 5.40. The van der Waals surface area contributed by atoms with Crippen LogP contribution < -0.4 is 15.0 Å². The molecule has 0 radical (unpaired) electrons. The summed E-state index contributed by atoms with van der Waals surface area (Å²) in [7, 11) is 1.62. The Balaban J connectivity index is 1.36. The fraction of sp³-hybridized carbons (Fsp3) is 0.391. The molecule has 0 saturated carbocycles. The van der Waals surface area contributed by atoms with Crippen molar-refractivity contribution in [3.63, 3.8) is 0 Å². The maximum Gasteiger partial charge on any atom is 0.410 e. The molecule has 4 heterocycles. The van der Waals surface area contributed by atoms with Gasteiger partial charge in [0.2, 0.25) is 0 Å². The van der Waals surface area contributed by atoms with Crippen LogP contribution in [0.1, 0.15) is 33.7 Å². The van der Waals surface area contributed by atoms with Crippen molar-refractivity contribution < 1.29 is 22.7 Å². The van der Waals surface area contributed by atoms with Crippen LogP contribution in [0.5, 0.6) is 5.75 Å². The van der Waals surface area contributed by atoms with E-state index in [9.17, 15) is 18.0 Å². The van der Waals surface area contributed by atoms with Gasteiger partial charge in [-0.1, -0.05) is 18.2 Å². The van der Waals surface area contributed by atoms with E-state index in [1.165, 1.54) is 17.5 Å². The largest absolute Gasteiger partial charge is 0.495 e. The van der Waals surface area contributed by atoms with Crippen LogP contribution in [0.2, 0.25) is 0 Å². The lowest BCUT2D eigenvalue weighted by atomic mass is 10.0. The van der Waals surface area contributed by atoms with Gasteiger partial charge in [0.05, 0.1) is 25.0 Å². The molecular weight excluding hydrogens is 467 g/mol. The molecule has 5 rings (SSSR count). The van der Waals surface area contributed by atoms with E-state index in [-0.39, 0.29) is 23.7 Å². The summed E-state index contributed by atoms with van der Waals surface area (Å²) in [5.74, 6) is 0.570. The van der Waals surface area contributed by atoms with Gasteiger partial charge in [-0.05, 0) is 23.6 Å². The fourth-order valence-electron chi connectivity index (χ4n) is 4.61. The molecule has 180 valence electrons. The lowest BCUT2D eigenvalue weighted by Gasteiger charge is -2.37. The first-order chi connectivity index (χ1) is 16.4. The Bertz CT molecular complexity index is 1160. The predicted molar refractivity (Wildman–Crippen MR) is 124 cm³/mol. The van der Waals surface area contributed by atoms with Crippen molar-refractivity contribution in [1.29, 1.82) is 0 Å². The quantitative estimate of drug-likeness (QED) is 0.579. The maximum absolute atomic E-state index is 13.9. The summed E-state index contributed by atoms with van der Waals surface area (Å²) in [6.45, 7) is 2.06. The smallest absolute Gasteiger partial charge is 0.410 e. The third-order valence-electron chi connectivity index (χ3n) is 6.35. The molecule has 2 aromatic heterocycles. The molecule has 1 saturated heterocycles. The van der Waals surface area contributed by atoms with Crippen molar-refractivity contribution in [3.8, 4) is 5.75 Å². The number of hydrogen-bond donors (Lipinski definition) is 1. The molecule has 11 heteroatoms. The number of carbonyl (C=O) groups excluding carboxylic acids is 1. The second-order valence-corrected chi connectivity index (χ2v) is 9.29. The average molecular weight is 492 g/mol. The van der Waals surface area contributed by atoms with Gasteiger partial charge in [0.1, 0.15) is 17.1 Å². The predicted octanol–water partition coefficient (Wildman–Crippen LogP) is 4.58. The first kappa shape index (κ1) is 22.6. The van der Waals surface area contributed by atoms with Crippen LogP contribution in [0, 0.1) is 0 Å². The summed E-state index contributed by atoms with van der Waals surface area (Å²) >= 11 is 1.39. The van der Waals surface area contributed by atoms with Crippen LogP contribution >= 0.6 is 11.3 Å². The minimum atomic E-state index is -4.47. The Morgan fingerprint density at radius 2 is 1.91 bits per heavy atom. The van der Waals surface area contributed by atoms with Gasteiger partial charge in [0.15, 0.2) is 6.04 Å². The number of fused-ring (bicyclic) bond motifs is 1. The number of methoxy groups -OCH3 is 1. The van der Waals surface area contributed by atoms with Crippen molar-refractivity contribution in [2.24, 2.45) is 0 Å². The van der Waals surface area contributed by atoms with Gasteiger partial charge in [0, 0.05) is 37.5 Å². The van der Waals surface area contributed by atoms with E-state index in [1.807, 2.05) is 35.7 Å². The number of piperazine rings is 1. The van der Waals surface area contributed by atoms with Crippen LogP contribution in [-0.4, -0.2) is 60.1 Å². The Morgan fingerprint density at radius 3 is 2.59 bits per heavy atom. The zero-order chi connectivity index (χ0) is 23.9. The summed E-state index contributed by atoms with van der Waals surface area (Å²) in [5, 5.41) is 8.97. The number of nitrogens with one attached hydrogen (secondary N) is 1. The Hall–Kier alpha value is -3.21. The number of aromatic nitrogens is 2. The zero-order valence-electron chi connectivity index (χ0n) is 18.5. The Morgan fingerprint density at radius 1 is 1.15 bits per heavy atom. The number of anilines is 2. The number of para-hydroxylation sites is 2. The number of rotatable bonds is 4. The first-order valence-corrected chi connectivity index (χ1v) is 11.9. The van der Waals surface area contributed by atoms with Gasteiger partial charge in [0.25, 0.3) is 5.91 Å². The van der Waals surface area contributed by atoms with Crippen LogP contribution in [0.25, 0.3) is 0 Å². The number of amides is 1. The monoisotopic (exact) mass is 491 g/mol. The Kier molecular flexibility index (Phi) is 5.88. The van der Waals surface area contributed by atoms with E-state index in [0.717, 1.165) is 21.0 Å². The molecule has 3 aromatic rings. The van der Waals surface area contributed by atoms with E-state index < -0.39 is 18.3 Å². The van der Waals surface area contributed by atoms with Crippen molar-refractivity contribution in [1.82, 2.24) is 14.7 Å². The molecule has 34 heavy (non-hydrogen) atoms. The molecular formula is C23H24F3N5O2S. The molecule has 0 bridgehead atoms. The lowest BCUT2D eigenvalue weighted by Crippen LogP contribution is -2.49. The number of thiophene rings is 1. The highest BCUT2D eigenvalue weighted by Crippen LogP contribution is 2.45. The Labute approximate surface area is 198 Å². The second kappa shape index (κ2) is 8.86. The third-order valence-corrected chi connectivity index (χ3v) is 7.33. The van der Waals surface area contributed by atoms with Crippen molar-refractivity contribution in [3.05, 3.63) is 58.4 Å². The second-order valence-electron chi connectivity index (χ2n) is 8.31. The molecule has 2 aliphatic heterocycles. The molecule has 1 aromatic carbocycles. The number of benzene rings is 1. The number of alkyl halides is 3. The van der Waals surface area contributed by atoms with E-state index in [0.29, 0.717) is 26.2 Å². The van der Waals surface area contributed by atoms with Crippen LogP contribution in [0.15, 0.2) is 48.0 Å². The highest BCUT2D eigenvalue weighted by molar-refractivity contribution is 7.10. The molecule has 2 atom stereocenters. The highest BCUT2D eigenvalue weighted by atomic mass is 32.1. The summed E-state index contributed by atoms with van der Waals surface area (Å²) in [5.41, 5.74) is 1.12. The standard InChI is InChI=1S/C23H24F3N5O2S/c1-33-18-6-3-2-5-17(18)29-8-10-30(11-9-29)22(32)15-14-27-31-20(23(24,25)26)13-16(28-21(15)31)19-7-4-12-34-19/h2-7,12,14,16,20,28H,8-11,13H2,1H3/t16-,20+/m0/s1. The normalized spacial score (nSPS) is 20.6. The summed E-state index contributed by atoms with van der Waals surface area (Å²) in [4.78, 5) is 18.0. The number of nitrogens with zero attached hydrogens (tertiary/aromatic N) is 4. The SMILES string of the molecule is COc1ccccc1N1CCN(C(=O)c2cnn3c2N[C@H](c2cccs2)C[C@@H]3C(F)(F)F)CC1. The van der Waals surface area contributed by atoms with E-state index >= 15 is 0 Å². The van der Waals surface area contributed by atoms with Gasteiger partial charge in [-0.25, -0.2) is 4.68 Å². The molecule has 7 nitrogen and oxygen atoms in total. The topological polar surface area (TPSA) is 62.6 Å². The summed E-state index contributed by atoms with van der Waals surface area (Å²) < 4.78 is 48.0. The molecule has 0 aliphatic carbocycles. The van der Waals surface area contributed by atoms with Crippen LogP contribution in [-0.2, 0) is 0 Å². The molecule has 0 unspecified atom stereocenters. The number of carbonyl (C=O) groups is 1. The van der Waals surface area contributed by atoms with Gasteiger partial charge in [-0.15, -0.1) is 11.3 Å². The zero-order valence-corrected chi connectivity index (χ0v) is 19.3. The highest BCUT2D eigenvalue weighted by Gasteiger charge is 2.47. The van der Waals surface area contributed by atoms with Crippen molar-refractivity contribution in [2.45, 2.75) is 24.7 Å². The molecule has 0 spiro atoms. The average Bonchev–Trinajstić information content (AvgIpc) is 3.53.